The van der Waals surface area contributed by atoms with Crippen LogP contribution >= 0.6 is 0 Å². The summed E-state index contributed by atoms with van der Waals surface area (Å²) < 4.78 is 43.2. The summed E-state index contributed by atoms with van der Waals surface area (Å²) in [6.07, 6.45) is -0.898. The molecule has 0 fully saturated rings. The first-order valence-electron chi connectivity index (χ1n) is 4.66. The van der Waals surface area contributed by atoms with Gasteiger partial charge in [-0.1, -0.05) is 6.07 Å². The zero-order valence-electron chi connectivity index (χ0n) is 8.24. The quantitative estimate of drug-likeness (QED) is 0.722. The molecule has 0 aliphatic heterocycles. The van der Waals surface area contributed by atoms with Crippen LogP contribution in [0, 0.1) is 0 Å². The molecule has 0 amide bonds. The summed E-state index contributed by atoms with van der Waals surface area (Å²) in [5, 5.41) is 0. The highest BCUT2D eigenvalue weighted by Crippen LogP contribution is 2.30. The van der Waals surface area contributed by atoms with E-state index in [4.69, 9.17) is 4.42 Å². The van der Waals surface area contributed by atoms with Crippen LogP contribution in [0.3, 0.4) is 0 Å². The van der Waals surface area contributed by atoms with Crippen molar-refractivity contribution >= 4 is 0 Å². The van der Waals surface area contributed by atoms with Crippen molar-refractivity contribution in [3.63, 3.8) is 0 Å². The number of hydrogen-bond acceptors (Lipinski definition) is 1. The molecule has 0 aromatic carbocycles. The van der Waals surface area contributed by atoms with Gasteiger partial charge in [-0.3, -0.25) is 0 Å². The number of furan rings is 1. The third-order valence-corrected chi connectivity index (χ3v) is 2.06. The lowest BCUT2D eigenvalue weighted by Gasteiger charge is -2.00. The van der Waals surface area contributed by atoms with E-state index in [1.165, 1.54) is 6.07 Å². The smallest absolute Gasteiger partial charge is 0.449 e. The van der Waals surface area contributed by atoms with Crippen LogP contribution in [0.2, 0.25) is 0 Å². The van der Waals surface area contributed by atoms with Gasteiger partial charge in [-0.2, -0.15) is 17.7 Å². The molecule has 16 heavy (non-hydrogen) atoms. The second-order valence-electron chi connectivity index (χ2n) is 3.31. The van der Waals surface area contributed by atoms with Crippen LogP contribution in [0.1, 0.15) is 11.5 Å². The van der Waals surface area contributed by atoms with E-state index in [1.54, 1.807) is 29.1 Å². The Morgan fingerprint density at radius 2 is 1.75 bits per heavy atom. The monoisotopic (exact) mass is 228 g/mol. The number of hydrogen-bond donors (Lipinski definition) is 0. The SMILES string of the molecule is FC(F)(F)c1ccc(C[n+]2ccccc2)o1. The van der Waals surface area contributed by atoms with E-state index in [2.05, 4.69) is 0 Å². The molecule has 2 aromatic heterocycles. The van der Waals surface area contributed by atoms with E-state index in [1.807, 2.05) is 6.07 Å². The number of nitrogens with zero attached hydrogens (tertiary/aromatic N) is 1. The minimum Gasteiger partial charge on any atom is -0.450 e. The number of rotatable bonds is 2. The molecule has 0 aliphatic rings. The summed E-state index contributed by atoms with van der Waals surface area (Å²) >= 11 is 0. The van der Waals surface area contributed by atoms with Gasteiger partial charge < -0.3 is 4.42 Å². The van der Waals surface area contributed by atoms with Crippen LogP contribution in [0.5, 0.6) is 0 Å². The molecule has 0 bridgehead atoms. The van der Waals surface area contributed by atoms with Crippen molar-refractivity contribution in [3.8, 4) is 0 Å². The fraction of sp³-hybridized carbons (Fsp3) is 0.182. The lowest BCUT2D eigenvalue weighted by atomic mass is 10.4. The largest absolute Gasteiger partial charge is 0.450 e. The van der Waals surface area contributed by atoms with Crippen LogP contribution in [0.25, 0.3) is 0 Å². The Balaban J connectivity index is 2.15. The molecule has 0 spiro atoms. The first kappa shape index (κ1) is 10.7. The van der Waals surface area contributed by atoms with Crippen molar-refractivity contribution in [1.29, 1.82) is 0 Å². The molecule has 2 rings (SSSR count). The number of halogens is 3. The van der Waals surface area contributed by atoms with E-state index < -0.39 is 11.9 Å². The lowest BCUT2D eigenvalue weighted by molar-refractivity contribution is -0.690. The molecule has 84 valence electrons. The maximum atomic E-state index is 12.2. The zero-order valence-corrected chi connectivity index (χ0v) is 8.24. The van der Waals surface area contributed by atoms with E-state index in [0.29, 0.717) is 0 Å². The molecule has 0 N–H and O–H groups in total. The van der Waals surface area contributed by atoms with E-state index in [-0.39, 0.29) is 12.3 Å². The summed E-state index contributed by atoms with van der Waals surface area (Å²) in [5.74, 6) is -0.678. The third kappa shape index (κ3) is 2.42. The molecule has 2 aromatic rings. The molecular formula is C11H9F3NO+. The van der Waals surface area contributed by atoms with Gasteiger partial charge in [0.25, 0.3) is 0 Å². The Labute approximate surface area is 89.9 Å². The van der Waals surface area contributed by atoms with E-state index >= 15 is 0 Å². The molecule has 5 heteroatoms. The summed E-state index contributed by atoms with van der Waals surface area (Å²) in [7, 11) is 0. The predicted molar refractivity (Wildman–Crippen MR) is 49.4 cm³/mol. The topological polar surface area (TPSA) is 17.0 Å². The standard InChI is InChI=1S/C11H9F3NO/c12-11(13,14)10-5-4-9(16-10)8-15-6-2-1-3-7-15/h1-7H,8H2/q+1. The fourth-order valence-corrected chi connectivity index (χ4v) is 1.33. The van der Waals surface area contributed by atoms with E-state index in [0.717, 1.165) is 6.07 Å². The van der Waals surface area contributed by atoms with Crippen molar-refractivity contribution in [2.45, 2.75) is 12.7 Å². The molecule has 0 atom stereocenters. The third-order valence-electron chi connectivity index (χ3n) is 2.06. The molecule has 0 aliphatic carbocycles. The van der Waals surface area contributed by atoms with Gasteiger partial charge in [0.1, 0.15) is 0 Å². The molecule has 2 heterocycles. The van der Waals surface area contributed by atoms with Gasteiger partial charge in [0.05, 0.1) is 0 Å². The Morgan fingerprint density at radius 3 is 2.31 bits per heavy atom. The normalized spacial score (nSPS) is 11.7. The Bertz CT molecular complexity index is 462. The van der Waals surface area contributed by atoms with Gasteiger partial charge in [-0.25, -0.2) is 0 Å². The van der Waals surface area contributed by atoms with Crippen LogP contribution in [-0.2, 0) is 12.7 Å². The van der Waals surface area contributed by atoms with Crippen molar-refractivity contribution in [2.24, 2.45) is 0 Å². The second kappa shape index (κ2) is 4.00. The van der Waals surface area contributed by atoms with Crippen LogP contribution in [0.4, 0.5) is 13.2 Å². The van der Waals surface area contributed by atoms with Gasteiger partial charge in [-0.15, -0.1) is 0 Å². The highest BCUT2D eigenvalue weighted by Gasteiger charge is 2.34. The minimum atomic E-state index is -4.42. The predicted octanol–water partition coefficient (Wildman–Crippen LogP) is 2.63. The Morgan fingerprint density at radius 1 is 1.06 bits per heavy atom. The van der Waals surface area contributed by atoms with Crippen molar-refractivity contribution in [2.75, 3.05) is 0 Å². The highest BCUT2D eigenvalue weighted by molar-refractivity contribution is 5.09. The number of pyridine rings is 1. The Hall–Kier alpha value is -1.78. The lowest BCUT2D eigenvalue weighted by Crippen LogP contribution is -2.32. The van der Waals surface area contributed by atoms with Crippen molar-refractivity contribution in [3.05, 3.63) is 54.2 Å². The summed E-state index contributed by atoms with van der Waals surface area (Å²) in [5.41, 5.74) is 0. The zero-order chi connectivity index (χ0) is 11.6. The first-order valence-corrected chi connectivity index (χ1v) is 4.66. The summed E-state index contributed by atoms with van der Waals surface area (Å²) in [6.45, 7) is 0.289. The first-order chi connectivity index (χ1) is 7.55. The van der Waals surface area contributed by atoms with Gasteiger partial charge in [0, 0.05) is 12.1 Å². The molecule has 0 unspecified atom stereocenters. The molecular weight excluding hydrogens is 219 g/mol. The highest BCUT2D eigenvalue weighted by atomic mass is 19.4. The second-order valence-corrected chi connectivity index (χ2v) is 3.31. The van der Waals surface area contributed by atoms with Gasteiger partial charge in [0.15, 0.2) is 18.2 Å². The molecule has 0 saturated carbocycles. The average molecular weight is 228 g/mol. The Kier molecular flexibility index (Phi) is 2.68. The van der Waals surface area contributed by atoms with Crippen molar-refractivity contribution < 1.29 is 22.2 Å². The summed E-state index contributed by atoms with van der Waals surface area (Å²) in [6, 6.07) is 7.71. The van der Waals surface area contributed by atoms with Crippen LogP contribution in [0.15, 0.2) is 47.1 Å². The molecule has 0 saturated heterocycles. The average Bonchev–Trinajstić information content (AvgIpc) is 2.67. The summed E-state index contributed by atoms with van der Waals surface area (Å²) in [4.78, 5) is 0. The van der Waals surface area contributed by atoms with Gasteiger partial charge in [0.2, 0.25) is 12.3 Å². The van der Waals surface area contributed by atoms with Crippen molar-refractivity contribution in [1.82, 2.24) is 0 Å². The van der Waals surface area contributed by atoms with Gasteiger partial charge >= 0.3 is 6.18 Å². The fourth-order valence-electron chi connectivity index (χ4n) is 1.33. The van der Waals surface area contributed by atoms with E-state index in [9.17, 15) is 13.2 Å². The van der Waals surface area contributed by atoms with Gasteiger partial charge in [-0.05, 0) is 12.1 Å². The molecule has 2 nitrogen and oxygen atoms in total. The van der Waals surface area contributed by atoms with Crippen LogP contribution in [-0.4, -0.2) is 0 Å². The minimum absolute atomic E-state index is 0.281. The molecule has 0 radical (unpaired) electrons. The number of alkyl halides is 3. The maximum Gasteiger partial charge on any atom is 0.449 e. The number of aromatic nitrogens is 1. The maximum absolute atomic E-state index is 12.2. The van der Waals surface area contributed by atoms with Crippen LogP contribution < -0.4 is 4.57 Å².